The summed E-state index contributed by atoms with van der Waals surface area (Å²) in [6, 6.07) is 19.5. The van der Waals surface area contributed by atoms with Crippen LogP contribution in [0.25, 0.3) is 28.1 Å². The van der Waals surface area contributed by atoms with E-state index in [0.29, 0.717) is 16.5 Å². The number of carbonyl (C=O) groups is 1. The van der Waals surface area contributed by atoms with E-state index in [4.69, 9.17) is 5.11 Å². The Bertz CT molecular complexity index is 1410. The molecule has 0 unspecified atom stereocenters. The number of H-pyrrole nitrogens is 1. The molecule has 33 heavy (non-hydrogen) atoms. The van der Waals surface area contributed by atoms with Crippen LogP contribution in [0.5, 0.6) is 0 Å². The second-order valence-corrected chi connectivity index (χ2v) is 8.11. The van der Waals surface area contributed by atoms with E-state index in [1.54, 1.807) is 24.3 Å². The second kappa shape index (κ2) is 8.47. The van der Waals surface area contributed by atoms with Gasteiger partial charge in [0.25, 0.3) is 0 Å². The lowest BCUT2D eigenvalue weighted by Crippen LogP contribution is -2.00. The molecule has 1 heterocycles. The van der Waals surface area contributed by atoms with Crippen molar-refractivity contribution < 1.29 is 18.7 Å². The summed E-state index contributed by atoms with van der Waals surface area (Å²) < 4.78 is 29.3. The standard InChI is InChI=1S/C27H20F2N2O2/c28-22-4-2-1-3-20(22)26(18-10-11-18)25(17-8-5-16(6-9-17)7-14-24(32)33)19-12-13-23-21(15-19)27(29)31-30-23/h1-9,12-15,18H,10-11H2,(H,30,31)(H,32,33)/b14-7+,26-25?. The third-order valence-corrected chi connectivity index (χ3v) is 5.83. The van der Waals surface area contributed by atoms with Crippen molar-refractivity contribution in [3.8, 4) is 0 Å². The summed E-state index contributed by atoms with van der Waals surface area (Å²) in [5.41, 5.74) is 5.12. The first-order valence-electron chi connectivity index (χ1n) is 10.7. The molecule has 4 aromatic rings. The van der Waals surface area contributed by atoms with Crippen LogP contribution in [0.15, 0.2) is 72.8 Å². The van der Waals surface area contributed by atoms with Gasteiger partial charge in [-0.05, 0) is 70.9 Å². The van der Waals surface area contributed by atoms with Crippen molar-refractivity contribution in [3.63, 3.8) is 0 Å². The zero-order chi connectivity index (χ0) is 22.9. The van der Waals surface area contributed by atoms with Crippen LogP contribution in [0.4, 0.5) is 8.78 Å². The Balaban J connectivity index is 1.74. The normalized spacial score (nSPS) is 14.6. The summed E-state index contributed by atoms with van der Waals surface area (Å²) in [6.07, 6.45) is 4.50. The minimum absolute atomic E-state index is 0.202. The summed E-state index contributed by atoms with van der Waals surface area (Å²) in [4.78, 5) is 10.8. The van der Waals surface area contributed by atoms with Crippen LogP contribution in [0.1, 0.15) is 35.1 Å². The summed E-state index contributed by atoms with van der Waals surface area (Å²) in [6.45, 7) is 0. The molecule has 4 nitrogen and oxygen atoms in total. The van der Waals surface area contributed by atoms with E-state index in [-0.39, 0.29) is 11.7 Å². The minimum Gasteiger partial charge on any atom is -0.478 e. The summed E-state index contributed by atoms with van der Waals surface area (Å²) in [7, 11) is 0. The SMILES string of the molecule is O=C(O)/C=C/c1ccc(C(=C(c2ccccc2F)C2CC2)c2ccc3n[nH]c(F)c3c2)cc1. The quantitative estimate of drug-likeness (QED) is 0.272. The van der Waals surface area contributed by atoms with Crippen molar-refractivity contribution in [2.45, 2.75) is 12.8 Å². The molecule has 0 bridgehead atoms. The Morgan fingerprint density at radius 3 is 2.42 bits per heavy atom. The fraction of sp³-hybridized carbons (Fsp3) is 0.111. The largest absolute Gasteiger partial charge is 0.478 e. The van der Waals surface area contributed by atoms with Crippen molar-refractivity contribution in [2.24, 2.45) is 5.92 Å². The van der Waals surface area contributed by atoms with Gasteiger partial charge in [-0.1, -0.05) is 48.5 Å². The first kappa shape index (κ1) is 20.8. The Hall–Kier alpha value is -4.06. The van der Waals surface area contributed by atoms with E-state index in [2.05, 4.69) is 10.2 Å². The smallest absolute Gasteiger partial charge is 0.328 e. The predicted molar refractivity (Wildman–Crippen MR) is 124 cm³/mol. The van der Waals surface area contributed by atoms with Crippen molar-refractivity contribution in [1.29, 1.82) is 0 Å². The maximum atomic E-state index is 15.0. The van der Waals surface area contributed by atoms with Crippen LogP contribution in [-0.4, -0.2) is 21.3 Å². The number of aromatic nitrogens is 2. The second-order valence-electron chi connectivity index (χ2n) is 8.11. The maximum Gasteiger partial charge on any atom is 0.328 e. The number of allylic oxidation sites excluding steroid dienone is 1. The summed E-state index contributed by atoms with van der Waals surface area (Å²) in [5, 5.41) is 15.6. The van der Waals surface area contributed by atoms with Gasteiger partial charge in [0.1, 0.15) is 5.82 Å². The van der Waals surface area contributed by atoms with Gasteiger partial charge in [0.05, 0.1) is 10.9 Å². The average Bonchev–Trinajstić information content (AvgIpc) is 3.59. The summed E-state index contributed by atoms with van der Waals surface area (Å²) >= 11 is 0. The van der Waals surface area contributed by atoms with Crippen LogP contribution in [0, 0.1) is 17.7 Å². The highest BCUT2D eigenvalue weighted by molar-refractivity contribution is 6.01. The molecule has 1 aliphatic carbocycles. The van der Waals surface area contributed by atoms with Gasteiger partial charge in [-0.3, -0.25) is 5.10 Å². The lowest BCUT2D eigenvalue weighted by atomic mass is 9.86. The molecule has 164 valence electrons. The molecular formula is C27H20F2N2O2. The van der Waals surface area contributed by atoms with Gasteiger partial charge in [0, 0.05) is 11.6 Å². The Morgan fingerprint density at radius 2 is 1.73 bits per heavy atom. The maximum absolute atomic E-state index is 15.0. The van der Waals surface area contributed by atoms with E-state index in [1.165, 1.54) is 12.1 Å². The number of nitrogens with one attached hydrogen (secondary N) is 1. The molecule has 1 fully saturated rings. The minimum atomic E-state index is -1.02. The van der Waals surface area contributed by atoms with Gasteiger partial charge in [0.15, 0.2) is 0 Å². The fourth-order valence-corrected chi connectivity index (χ4v) is 4.15. The first-order valence-corrected chi connectivity index (χ1v) is 10.7. The predicted octanol–water partition coefficient (Wildman–Crippen LogP) is 6.31. The third-order valence-electron chi connectivity index (χ3n) is 5.83. The van der Waals surface area contributed by atoms with Crippen LogP contribution in [0.3, 0.4) is 0 Å². The Labute approximate surface area is 188 Å². The number of nitrogens with zero attached hydrogens (tertiary/aromatic N) is 1. The van der Waals surface area contributed by atoms with Crippen molar-refractivity contribution >= 4 is 34.1 Å². The van der Waals surface area contributed by atoms with Gasteiger partial charge in [-0.15, -0.1) is 0 Å². The lowest BCUT2D eigenvalue weighted by molar-refractivity contribution is -0.131. The molecule has 0 aliphatic heterocycles. The van der Waals surface area contributed by atoms with E-state index in [9.17, 15) is 13.6 Å². The molecule has 0 amide bonds. The Morgan fingerprint density at radius 1 is 1.00 bits per heavy atom. The molecule has 1 saturated carbocycles. The molecule has 1 aromatic heterocycles. The lowest BCUT2D eigenvalue weighted by Gasteiger charge is -2.18. The van der Waals surface area contributed by atoms with Gasteiger partial charge in [0.2, 0.25) is 5.95 Å². The highest BCUT2D eigenvalue weighted by atomic mass is 19.1. The number of benzene rings is 3. The van der Waals surface area contributed by atoms with Crippen LogP contribution >= 0.6 is 0 Å². The van der Waals surface area contributed by atoms with Gasteiger partial charge >= 0.3 is 5.97 Å². The number of hydrogen-bond acceptors (Lipinski definition) is 2. The average molecular weight is 442 g/mol. The van der Waals surface area contributed by atoms with Crippen molar-refractivity contribution in [3.05, 3.63) is 107 Å². The molecule has 0 radical (unpaired) electrons. The number of fused-ring (bicyclic) bond motifs is 1. The molecule has 0 spiro atoms. The number of carboxylic acid groups (broad SMARTS) is 1. The van der Waals surface area contributed by atoms with Gasteiger partial charge < -0.3 is 5.11 Å². The molecule has 2 N–H and O–H groups in total. The topological polar surface area (TPSA) is 66.0 Å². The van der Waals surface area contributed by atoms with E-state index >= 15 is 0 Å². The van der Waals surface area contributed by atoms with E-state index < -0.39 is 11.9 Å². The van der Waals surface area contributed by atoms with Crippen LogP contribution in [-0.2, 0) is 4.79 Å². The highest BCUT2D eigenvalue weighted by Crippen LogP contribution is 2.48. The van der Waals surface area contributed by atoms with Gasteiger partial charge in [-0.25, -0.2) is 9.18 Å². The Kier molecular flexibility index (Phi) is 5.34. The third kappa shape index (κ3) is 4.20. The van der Waals surface area contributed by atoms with Gasteiger partial charge in [-0.2, -0.15) is 9.49 Å². The molecule has 0 atom stereocenters. The molecule has 5 rings (SSSR count). The zero-order valence-electron chi connectivity index (χ0n) is 17.6. The number of carboxylic acids is 1. The monoisotopic (exact) mass is 442 g/mol. The van der Waals surface area contributed by atoms with E-state index in [0.717, 1.165) is 46.8 Å². The zero-order valence-corrected chi connectivity index (χ0v) is 17.6. The summed E-state index contributed by atoms with van der Waals surface area (Å²) in [5.74, 6) is -1.63. The molecular weight excluding hydrogens is 422 g/mol. The number of hydrogen-bond donors (Lipinski definition) is 2. The number of aromatic amines is 1. The highest BCUT2D eigenvalue weighted by Gasteiger charge is 2.32. The number of rotatable bonds is 6. The van der Waals surface area contributed by atoms with E-state index in [1.807, 2.05) is 36.4 Å². The number of aliphatic carboxylic acids is 1. The van der Waals surface area contributed by atoms with Crippen LogP contribution in [0.2, 0.25) is 0 Å². The first-order chi connectivity index (χ1) is 16.0. The van der Waals surface area contributed by atoms with Crippen LogP contribution < -0.4 is 0 Å². The molecule has 6 heteroatoms. The van der Waals surface area contributed by atoms with Crippen molar-refractivity contribution in [1.82, 2.24) is 10.2 Å². The molecule has 1 aliphatic rings. The molecule has 0 saturated heterocycles. The fourth-order valence-electron chi connectivity index (χ4n) is 4.15. The number of halogens is 2. The molecule has 3 aromatic carbocycles. The van der Waals surface area contributed by atoms with Crippen molar-refractivity contribution in [2.75, 3.05) is 0 Å².